The summed E-state index contributed by atoms with van der Waals surface area (Å²) in [6, 6.07) is 10.0. The molecule has 0 N–H and O–H groups in total. The highest BCUT2D eigenvalue weighted by Crippen LogP contribution is 2.33. The quantitative estimate of drug-likeness (QED) is 0.759. The molecule has 1 amide bonds. The SMILES string of the molecule is CC(C)N(C(=O)[C@H](C)OC(=O)c1ccc2c3c(cccc13)CC2)C(C)C. The van der Waals surface area contributed by atoms with Crippen molar-refractivity contribution < 1.29 is 14.3 Å². The van der Waals surface area contributed by atoms with Crippen LogP contribution in [0.5, 0.6) is 0 Å². The van der Waals surface area contributed by atoms with Crippen molar-refractivity contribution in [2.75, 3.05) is 0 Å². The molecule has 4 nitrogen and oxygen atoms in total. The molecular weight excluding hydrogens is 326 g/mol. The smallest absolute Gasteiger partial charge is 0.339 e. The average Bonchev–Trinajstić information content (AvgIpc) is 2.99. The van der Waals surface area contributed by atoms with Crippen molar-refractivity contribution in [3.8, 4) is 0 Å². The van der Waals surface area contributed by atoms with Crippen LogP contribution in [-0.4, -0.2) is 35.0 Å². The van der Waals surface area contributed by atoms with Gasteiger partial charge in [-0.3, -0.25) is 4.79 Å². The normalized spacial score (nSPS) is 14.1. The fraction of sp³-hybridized carbons (Fsp3) is 0.455. The lowest BCUT2D eigenvalue weighted by Crippen LogP contribution is -2.47. The molecule has 0 bridgehead atoms. The molecule has 0 radical (unpaired) electrons. The number of aryl methyl sites for hydroxylation is 2. The molecule has 3 rings (SSSR count). The lowest BCUT2D eigenvalue weighted by atomic mass is 10.00. The van der Waals surface area contributed by atoms with Crippen LogP contribution in [-0.2, 0) is 22.4 Å². The van der Waals surface area contributed by atoms with Crippen molar-refractivity contribution in [1.82, 2.24) is 4.90 Å². The summed E-state index contributed by atoms with van der Waals surface area (Å²) in [6.07, 6.45) is 1.21. The van der Waals surface area contributed by atoms with E-state index >= 15 is 0 Å². The zero-order valence-electron chi connectivity index (χ0n) is 16.2. The van der Waals surface area contributed by atoms with Crippen LogP contribution < -0.4 is 0 Å². The first-order valence-electron chi connectivity index (χ1n) is 9.38. The highest BCUT2D eigenvalue weighted by atomic mass is 16.5. The van der Waals surface area contributed by atoms with Crippen LogP contribution in [0.15, 0.2) is 30.3 Å². The van der Waals surface area contributed by atoms with E-state index in [-0.39, 0.29) is 18.0 Å². The molecule has 0 unspecified atom stereocenters. The first kappa shape index (κ1) is 18.4. The molecule has 1 aliphatic carbocycles. The predicted molar refractivity (Wildman–Crippen MR) is 103 cm³/mol. The Bertz CT molecular complexity index is 836. The summed E-state index contributed by atoms with van der Waals surface area (Å²) < 4.78 is 5.56. The number of rotatable bonds is 5. The van der Waals surface area contributed by atoms with E-state index in [2.05, 4.69) is 6.07 Å². The lowest BCUT2D eigenvalue weighted by Gasteiger charge is -2.32. The maximum absolute atomic E-state index is 12.8. The summed E-state index contributed by atoms with van der Waals surface area (Å²) in [5.41, 5.74) is 3.09. The second kappa shape index (κ2) is 7.10. The van der Waals surface area contributed by atoms with Crippen LogP contribution in [0.2, 0.25) is 0 Å². The second-order valence-electron chi connectivity index (χ2n) is 7.59. The third kappa shape index (κ3) is 3.20. The molecule has 1 atom stereocenters. The highest BCUT2D eigenvalue weighted by molar-refractivity contribution is 6.07. The Morgan fingerprint density at radius 1 is 0.923 bits per heavy atom. The number of hydrogen-bond donors (Lipinski definition) is 0. The van der Waals surface area contributed by atoms with Crippen LogP contribution in [0, 0.1) is 0 Å². The number of carbonyl (C=O) groups is 2. The summed E-state index contributed by atoms with van der Waals surface area (Å²) in [4.78, 5) is 27.3. The third-order valence-corrected chi connectivity index (χ3v) is 5.10. The number of hydrogen-bond acceptors (Lipinski definition) is 3. The van der Waals surface area contributed by atoms with Gasteiger partial charge in [-0.15, -0.1) is 0 Å². The number of esters is 1. The highest BCUT2D eigenvalue weighted by Gasteiger charge is 2.29. The van der Waals surface area contributed by atoms with Gasteiger partial charge in [0.2, 0.25) is 0 Å². The van der Waals surface area contributed by atoms with Crippen molar-refractivity contribution in [1.29, 1.82) is 0 Å². The molecule has 0 aliphatic heterocycles. The van der Waals surface area contributed by atoms with Gasteiger partial charge in [0.15, 0.2) is 6.10 Å². The van der Waals surface area contributed by atoms with Gasteiger partial charge in [-0.1, -0.05) is 24.3 Å². The fourth-order valence-electron chi connectivity index (χ4n) is 4.01. The van der Waals surface area contributed by atoms with Gasteiger partial charge >= 0.3 is 5.97 Å². The van der Waals surface area contributed by atoms with E-state index in [1.807, 2.05) is 52.0 Å². The Balaban J connectivity index is 1.85. The van der Waals surface area contributed by atoms with Gasteiger partial charge in [0, 0.05) is 12.1 Å². The Morgan fingerprint density at radius 3 is 2.15 bits per heavy atom. The lowest BCUT2D eigenvalue weighted by molar-refractivity contribution is -0.143. The minimum Gasteiger partial charge on any atom is -0.449 e. The molecule has 138 valence electrons. The minimum absolute atomic E-state index is 0.0560. The van der Waals surface area contributed by atoms with E-state index in [0.29, 0.717) is 5.56 Å². The molecule has 2 aromatic carbocycles. The van der Waals surface area contributed by atoms with Crippen LogP contribution in [0.4, 0.5) is 0 Å². The molecule has 0 aromatic heterocycles. The molecule has 0 heterocycles. The largest absolute Gasteiger partial charge is 0.449 e. The number of carbonyl (C=O) groups excluding carboxylic acids is 2. The summed E-state index contributed by atoms with van der Waals surface area (Å²) in [7, 11) is 0. The molecule has 0 spiro atoms. The summed E-state index contributed by atoms with van der Waals surface area (Å²) in [5, 5.41) is 2.10. The van der Waals surface area contributed by atoms with E-state index in [0.717, 1.165) is 18.2 Å². The Morgan fingerprint density at radius 2 is 1.54 bits per heavy atom. The first-order valence-corrected chi connectivity index (χ1v) is 9.38. The Labute approximate surface area is 155 Å². The Kier molecular flexibility index (Phi) is 5.03. The number of benzene rings is 2. The van der Waals surface area contributed by atoms with Crippen LogP contribution in [0.3, 0.4) is 0 Å². The second-order valence-corrected chi connectivity index (χ2v) is 7.59. The fourth-order valence-corrected chi connectivity index (χ4v) is 4.01. The van der Waals surface area contributed by atoms with Gasteiger partial charge in [0.25, 0.3) is 5.91 Å². The van der Waals surface area contributed by atoms with Gasteiger partial charge in [-0.2, -0.15) is 0 Å². The summed E-state index contributed by atoms with van der Waals surface area (Å²) in [6.45, 7) is 9.52. The maximum Gasteiger partial charge on any atom is 0.339 e. The summed E-state index contributed by atoms with van der Waals surface area (Å²) in [5.74, 6) is -0.594. The van der Waals surface area contributed by atoms with E-state index in [1.165, 1.54) is 16.5 Å². The standard InChI is InChI=1S/C22H27NO3/c1-13(2)23(14(3)4)21(24)15(5)26-22(25)19-12-11-17-10-9-16-7-6-8-18(19)20(16)17/h6-8,11-15H,9-10H2,1-5H3/t15-/m0/s1. The number of nitrogens with zero attached hydrogens (tertiary/aromatic N) is 1. The van der Waals surface area contributed by atoms with Crippen LogP contribution >= 0.6 is 0 Å². The number of amides is 1. The average molecular weight is 353 g/mol. The summed E-state index contributed by atoms with van der Waals surface area (Å²) >= 11 is 0. The maximum atomic E-state index is 12.8. The monoisotopic (exact) mass is 353 g/mol. The van der Waals surface area contributed by atoms with E-state index in [1.54, 1.807) is 11.8 Å². The van der Waals surface area contributed by atoms with Crippen molar-refractivity contribution in [2.24, 2.45) is 0 Å². The van der Waals surface area contributed by atoms with Crippen molar-refractivity contribution in [3.63, 3.8) is 0 Å². The third-order valence-electron chi connectivity index (χ3n) is 5.10. The first-order chi connectivity index (χ1) is 12.3. The number of ether oxygens (including phenoxy) is 1. The van der Waals surface area contributed by atoms with Gasteiger partial charge in [0.1, 0.15) is 0 Å². The zero-order chi connectivity index (χ0) is 19.0. The molecule has 1 aliphatic rings. The van der Waals surface area contributed by atoms with Gasteiger partial charge in [0.05, 0.1) is 5.56 Å². The van der Waals surface area contributed by atoms with Gasteiger partial charge < -0.3 is 9.64 Å². The molecule has 4 heteroatoms. The predicted octanol–water partition coefficient (Wildman–Crippen LogP) is 4.13. The minimum atomic E-state index is -0.810. The van der Waals surface area contributed by atoms with Crippen LogP contribution in [0.25, 0.3) is 10.8 Å². The molecular formula is C22H27NO3. The van der Waals surface area contributed by atoms with E-state index in [9.17, 15) is 9.59 Å². The molecule has 0 fully saturated rings. The molecule has 26 heavy (non-hydrogen) atoms. The molecule has 0 saturated heterocycles. The molecule has 2 aromatic rings. The van der Waals surface area contributed by atoms with Gasteiger partial charge in [-0.05, 0) is 75.4 Å². The van der Waals surface area contributed by atoms with Crippen molar-refractivity contribution in [2.45, 2.75) is 65.6 Å². The Hall–Kier alpha value is -2.36. The van der Waals surface area contributed by atoms with E-state index in [4.69, 9.17) is 4.74 Å². The van der Waals surface area contributed by atoms with Crippen molar-refractivity contribution >= 4 is 22.6 Å². The van der Waals surface area contributed by atoms with Crippen molar-refractivity contribution in [3.05, 3.63) is 47.0 Å². The van der Waals surface area contributed by atoms with E-state index < -0.39 is 12.1 Å². The topological polar surface area (TPSA) is 46.6 Å². The van der Waals surface area contributed by atoms with Crippen LogP contribution in [0.1, 0.15) is 56.1 Å². The zero-order valence-corrected chi connectivity index (χ0v) is 16.2. The van der Waals surface area contributed by atoms with Gasteiger partial charge in [-0.25, -0.2) is 4.79 Å². The molecule has 0 saturated carbocycles.